The van der Waals surface area contributed by atoms with Crippen molar-refractivity contribution < 1.29 is 14.7 Å². The Balaban J connectivity index is 2.19. The molecule has 0 bridgehead atoms. The predicted molar refractivity (Wildman–Crippen MR) is 74.0 cm³/mol. The number of carbonyl (C=O) groups is 2. The number of thioether (sulfide) groups is 1. The zero-order valence-electron chi connectivity index (χ0n) is 11.4. The highest BCUT2D eigenvalue weighted by molar-refractivity contribution is 8.01. The maximum Gasteiger partial charge on any atom is 0.327 e. The van der Waals surface area contributed by atoms with E-state index < -0.39 is 25.0 Å². The van der Waals surface area contributed by atoms with Crippen molar-refractivity contribution in [1.82, 2.24) is 9.88 Å². The number of rotatable bonds is 3. The third-order valence-corrected chi connectivity index (χ3v) is 6.01. The van der Waals surface area contributed by atoms with Crippen LogP contribution in [0.25, 0.3) is 0 Å². The molecule has 7 heteroatoms. The van der Waals surface area contributed by atoms with Crippen LogP contribution in [0.5, 0.6) is 0 Å². The summed E-state index contributed by atoms with van der Waals surface area (Å²) < 4.78 is -0.429. The Morgan fingerprint density at radius 3 is 2.44 bits per heavy atom. The molecule has 2 fully saturated rings. The number of fused-ring (bicyclic) bond motifs is 1. The number of β-lactam (4-membered cyclic amide) rings is 1. The first-order valence-corrected chi connectivity index (χ1v) is 10.4. The number of nitrogens with one attached hydrogen (secondary N) is 1. The number of nitrogens with zero attached hydrogens (tertiary/aromatic N) is 1. The molecular formula is C11H20N2O3SSi. The standard InChI is InChI=1S/C11H20N2O3SSi/c1-11(2)7(10(15)16)13-8(14)6(9(13)17-11)12-18(3,4)5/h6-7,9,12H,1-5H3,(H,15,16). The van der Waals surface area contributed by atoms with Crippen molar-refractivity contribution in [2.45, 2.75) is 55.7 Å². The van der Waals surface area contributed by atoms with Gasteiger partial charge in [-0.15, -0.1) is 11.8 Å². The minimum absolute atomic E-state index is 0.0275. The molecular weight excluding hydrogens is 268 g/mol. The van der Waals surface area contributed by atoms with Crippen LogP contribution < -0.4 is 4.98 Å². The molecule has 0 aromatic rings. The van der Waals surface area contributed by atoms with E-state index in [4.69, 9.17) is 0 Å². The highest BCUT2D eigenvalue weighted by Crippen LogP contribution is 2.50. The average molecular weight is 288 g/mol. The summed E-state index contributed by atoms with van der Waals surface area (Å²) in [6.07, 6.45) is 0. The van der Waals surface area contributed by atoms with Gasteiger partial charge in [-0.3, -0.25) is 4.79 Å². The van der Waals surface area contributed by atoms with E-state index >= 15 is 0 Å². The molecule has 0 aromatic heterocycles. The number of amides is 1. The SMILES string of the molecule is CC1(C)SC2C(N[Si](C)(C)C)C(=O)N2C1C(=O)O. The summed E-state index contributed by atoms with van der Waals surface area (Å²) in [7, 11) is -1.55. The van der Waals surface area contributed by atoms with Crippen molar-refractivity contribution in [1.29, 1.82) is 0 Å². The molecule has 5 nitrogen and oxygen atoms in total. The fourth-order valence-electron chi connectivity index (χ4n) is 2.61. The molecule has 3 unspecified atom stereocenters. The number of hydrogen-bond acceptors (Lipinski definition) is 4. The maximum absolute atomic E-state index is 12.1. The summed E-state index contributed by atoms with van der Waals surface area (Å²) in [5, 5.41) is 9.26. The van der Waals surface area contributed by atoms with Gasteiger partial charge in [-0.1, -0.05) is 19.6 Å². The van der Waals surface area contributed by atoms with E-state index in [9.17, 15) is 14.7 Å². The van der Waals surface area contributed by atoms with Gasteiger partial charge >= 0.3 is 5.97 Å². The van der Waals surface area contributed by atoms with Crippen molar-refractivity contribution in [3.05, 3.63) is 0 Å². The quantitative estimate of drug-likeness (QED) is 0.597. The summed E-state index contributed by atoms with van der Waals surface area (Å²) in [6, 6.07) is -0.912. The van der Waals surface area contributed by atoms with Crippen molar-refractivity contribution in [3.8, 4) is 0 Å². The first-order chi connectivity index (χ1) is 8.04. The summed E-state index contributed by atoms with van der Waals surface area (Å²) in [6.45, 7) is 10.2. The van der Waals surface area contributed by atoms with E-state index in [1.54, 1.807) is 11.8 Å². The third-order valence-electron chi connectivity index (χ3n) is 3.26. The number of carboxylic acid groups (broad SMARTS) is 1. The smallest absolute Gasteiger partial charge is 0.327 e. The second-order valence-electron chi connectivity index (χ2n) is 6.47. The van der Waals surface area contributed by atoms with Gasteiger partial charge < -0.3 is 15.0 Å². The van der Waals surface area contributed by atoms with Crippen LogP contribution in [0, 0.1) is 0 Å². The zero-order valence-corrected chi connectivity index (χ0v) is 13.2. The number of hydrogen-bond donors (Lipinski definition) is 2. The van der Waals surface area contributed by atoms with Crippen LogP contribution in [0.1, 0.15) is 13.8 Å². The number of carbonyl (C=O) groups excluding carboxylic acids is 1. The highest BCUT2D eigenvalue weighted by Gasteiger charge is 2.64. The molecule has 0 spiro atoms. The van der Waals surface area contributed by atoms with Crippen molar-refractivity contribution in [2.75, 3.05) is 0 Å². The van der Waals surface area contributed by atoms with Gasteiger partial charge in [0.25, 0.3) is 0 Å². The van der Waals surface area contributed by atoms with Gasteiger partial charge in [-0.05, 0) is 13.8 Å². The van der Waals surface area contributed by atoms with Gasteiger partial charge in [-0.2, -0.15) is 0 Å². The first-order valence-electron chi connectivity index (χ1n) is 6.05. The van der Waals surface area contributed by atoms with E-state index in [1.807, 2.05) is 13.8 Å². The van der Waals surface area contributed by atoms with Gasteiger partial charge in [0.15, 0.2) is 0 Å². The van der Waals surface area contributed by atoms with Crippen LogP contribution in [0.15, 0.2) is 0 Å². The highest BCUT2D eigenvalue weighted by atomic mass is 32.2. The molecule has 2 aliphatic heterocycles. The minimum Gasteiger partial charge on any atom is -0.480 e. The van der Waals surface area contributed by atoms with E-state index in [2.05, 4.69) is 24.6 Å². The molecule has 0 saturated carbocycles. The molecule has 2 rings (SSSR count). The van der Waals surface area contributed by atoms with E-state index in [-0.39, 0.29) is 17.3 Å². The summed E-state index contributed by atoms with van der Waals surface area (Å²) >= 11 is 1.59. The fraction of sp³-hybridized carbons (Fsp3) is 0.818. The molecule has 1 amide bonds. The van der Waals surface area contributed by atoms with Gasteiger partial charge in [-0.25, -0.2) is 4.79 Å². The Morgan fingerprint density at radius 1 is 1.44 bits per heavy atom. The van der Waals surface area contributed by atoms with E-state index in [0.717, 1.165) is 0 Å². The Hall–Kier alpha value is -0.533. The fourth-order valence-corrected chi connectivity index (χ4v) is 5.57. The monoisotopic (exact) mass is 288 g/mol. The zero-order chi connectivity index (χ0) is 13.9. The molecule has 102 valence electrons. The molecule has 2 saturated heterocycles. The molecule has 2 heterocycles. The lowest BCUT2D eigenvalue weighted by molar-refractivity contribution is -0.159. The second kappa shape index (κ2) is 3.98. The summed E-state index contributed by atoms with van der Waals surface area (Å²) in [5.74, 6) is -0.970. The lowest BCUT2D eigenvalue weighted by Gasteiger charge is -2.46. The van der Waals surface area contributed by atoms with E-state index in [0.29, 0.717) is 0 Å². The lowest BCUT2D eigenvalue weighted by Crippen LogP contribution is -2.72. The summed E-state index contributed by atoms with van der Waals surface area (Å²) in [5.41, 5.74) is 0. The molecule has 0 aromatic carbocycles. The first kappa shape index (κ1) is 13.9. The van der Waals surface area contributed by atoms with Gasteiger partial charge in [0, 0.05) is 4.75 Å². The number of carboxylic acids is 1. The van der Waals surface area contributed by atoms with Crippen molar-refractivity contribution in [3.63, 3.8) is 0 Å². The van der Waals surface area contributed by atoms with Crippen LogP contribution in [-0.2, 0) is 9.59 Å². The van der Waals surface area contributed by atoms with E-state index in [1.165, 1.54) is 4.90 Å². The Kier molecular flexibility index (Phi) is 3.07. The largest absolute Gasteiger partial charge is 0.480 e. The van der Waals surface area contributed by atoms with Gasteiger partial charge in [0.2, 0.25) is 5.91 Å². The maximum atomic E-state index is 12.1. The molecule has 2 aliphatic rings. The third kappa shape index (κ3) is 2.08. The van der Waals surface area contributed by atoms with Crippen LogP contribution >= 0.6 is 11.8 Å². The predicted octanol–water partition coefficient (Wildman–Crippen LogP) is 0.926. The molecule has 0 radical (unpaired) electrons. The van der Waals surface area contributed by atoms with Crippen LogP contribution in [-0.4, -0.2) is 52.3 Å². The Labute approximate surface area is 112 Å². The van der Waals surface area contributed by atoms with Crippen LogP contribution in [0.4, 0.5) is 0 Å². The van der Waals surface area contributed by atoms with Gasteiger partial charge in [0.1, 0.15) is 25.7 Å². The topological polar surface area (TPSA) is 69.6 Å². The van der Waals surface area contributed by atoms with Gasteiger partial charge in [0.05, 0.1) is 0 Å². The molecule has 0 aliphatic carbocycles. The average Bonchev–Trinajstić information content (AvgIpc) is 2.42. The van der Waals surface area contributed by atoms with Crippen molar-refractivity contribution >= 4 is 31.9 Å². The molecule has 3 atom stereocenters. The summed E-state index contributed by atoms with van der Waals surface area (Å²) in [4.78, 5) is 28.4. The lowest BCUT2D eigenvalue weighted by atomic mass is 9.96. The number of aliphatic carboxylic acids is 1. The molecule has 18 heavy (non-hydrogen) atoms. The normalized spacial score (nSPS) is 34.2. The Bertz CT molecular complexity index is 408. The van der Waals surface area contributed by atoms with Crippen LogP contribution in [0.2, 0.25) is 19.6 Å². The Morgan fingerprint density at radius 2 is 2.00 bits per heavy atom. The second-order valence-corrected chi connectivity index (χ2v) is 13.0. The minimum atomic E-state index is -1.55. The van der Waals surface area contributed by atoms with Crippen molar-refractivity contribution in [2.24, 2.45) is 0 Å². The van der Waals surface area contributed by atoms with Crippen LogP contribution in [0.3, 0.4) is 0 Å². The molecule has 2 N–H and O–H groups in total.